The van der Waals surface area contributed by atoms with Crippen LogP contribution in [-0.4, -0.2) is 11.1 Å². The highest BCUT2D eigenvalue weighted by atomic mass is 16.4. The molecule has 0 aliphatic heterocycles. The summed E-state index contributed by atoms with van der Waals surface area (Å²) >= 11 is 0. The fraction of sp³-hybridized carbons (Fsp3) is 0.625. The van der Waals surface area contributed by atoms with E-state index < -0.39 is 5.97 Å². The van der Waals surface area contributed by atoms with Crippen LogP contribution in [0.4, 0.5) is 0 Å². The number of rotatable bonds is 1. The highest BCUT2D eigenvalue weighted by molar-refractivity contribution is 5.86. The molecule has 3 N–H and O–H groups in total. The first-order valence-electron chi connectivity index (χ1n) is 3.92. The third-order valence-electron chi connectivity index (χ3n) is 2.07. The maximum Gasteiger partial charge on any atom is 0.351 e. The van der Waals surface area contributed by atoms with Crippen LogP contribution in [0.3, 0.4) is 0 Å². The predicted molar refractivity (Wildman–Crippen MR) is 41.9 cm³/mol. The first kappa shape index (κ1) is 8.11. The van der Waals surface area contributed by atoms with E-state index >= 15 is 0 Å². The van der Waals surface area contributed by atoms with Gasteiger partial charge in [0.1, 0.15) is 5.70 Å². The van der Waals surface area contributed by atoms with E-state index in [1.165, 1.54) is 6.42 Å². The number of carboxylic acids is 1. The number of allylic oxidation sites excluding steroid dienone is 1. The van der Waals surface area contributed by atoms with Crippen LogP contribution >= 0.6 is 0 Å². The summed E-state index contributed by atoms with van der Waals surface area (Å²) in [7, 11) is 0. The van der Waals surface area contributed by atoms with Gasteiger partial charge in [-0.1, -0.05) is 6.42 Å². The average Bonchev–Trinajstić information content (AvgIpc) is 2.05. The summed E-state index contributed by atoms with van der Waals surface area (Å²) in [6.45, 7) is 0. The van der Waals surface area contributed by atoms with Crippen molar-refractivity contribution in [2.75, 3.05) is 0 Å². The number of aliphatic carboxylic acids is 1. The quantitative estimate of drug-likeness (QED) is 0.560. The van der Waals surface area contributed by atoms with Gasteiger partial charge in [-0.25, -0.2) is 4.79 Å². The van der Waals surface area contributed by atoms with Crippen molar-refractivity contribution < 1.29 is 9.90 Å². The zero-order valence-corrected chi connectivity index (χ0v) is 6.47. The lowest BCUT2D eigenvalue weighted by molar-refractivity contribution is -0.132. The van der Waals surface area contributed by atoms with Crippen molar-refractivity contribution in [1.29, 1.82) is 0 Å². The Morgan fingerprint density at radius 3 is 2.27 bits per heavy atom. The lowest BCUT2D eigenvalue weighted by Crippen LogP contribution is -2.14. The van der Waals surface area contributed by atoms with E-state index in [4.69, 9.17) is 10.8 Å². The van der Waals surface area contributed by atoms with Crippen LogP contribution in [0.15, 0.2) is 11.3 Å². The molecule has 1 rings (SSSR count). The largest absolute Gasteiger partial charge is 0.477 e. The molecule has 0 aromatic rings. The van der Waals surface area contributed by atoms with Crippen LogP contribution in [0.5, 0.6) is 0 Å². The van der Waals surface area contributed by atoms with Gasteiger partial charge in [0.05, 0.1) is 0 Å². The second-order valence-corrected chi connectivity index (χ2v) is 2.88. The topological polar surface area (TPSA) is 63.3 Å². The molecule has 0 radical (unpaired) electrons. The Hall–Kier alpha value is -0.990. The summed E-state index contributed by atoms with van der Waals surface area (Å²) in [6.07, 6.45) is 5.12. The second kappa shape index (κ2) is 3.42. The van der Waals surface area contributed by atoms with Crippen LogP contribution < -0.4 is 5.73 Å². The molecule has 0 amide bonds. The number of nitrogens with two attached hydrogens (primary N) is 1. The molecular weight excluding hydrogens is 142 g/mol. The van der Waals surface area contributed by atoms with Gasteiger partial charge in [0.15, 0.2) is 0 Å². The van der Waals surface area contributed by atoms with Crippen LogP contribution in [0.1, 0.15) is 32.1 Å². The van der Waals surface area contributed by atoms with E-state index in [-0.39, 0.29) is 5.70 Å². The smallest absolute Gasteiger partial charge is 0.351 e. The van der Waals surface area contributed by atoms with Gasteiger partial charge in [-0.05, 0) is 31.3 Å². The van der Waals surface area contributed by atoms with E-state index in [9.17, 15) is 4.79 Å². The third-order valence-corrected chi connectivity index (χ3v) is 2.07. The van der Waals surface area contributed by atoms with E-state index in [0.717, 1.165) is 31.3 Å². The molecule has 0 heterocycles. The van der Waals surface area contributed by atoms with E-state index in [1.807, 2.05) is 0 Å². The molecule has 1 aliphatic rings. The fourth-order valence-electron chi connectivity index (χ4n) is 1.40. The minimum atomic E-state index is -0.970. The Bertz CT molecular complexity index is 188. The van der Waals surface area contributed by atoms with Crippen LogP contribution in [0.2, 0.25) is 0 Å². The molecule has 3 heteroatoms. The minimum absolute atomic E-state index is 0.0738. The first-order chi connectivity index (χ1) is 5.22. The van der Waals surface area contributed by atoms with Gasteiger partial charge in [0.2, 0.25) is 0 Å². The molecule has 11 heavy (non-hydrogen) atoms. The Morgan fingerprint density at radius 2 is 1.82 bits per heavy atom. The van der Waals surface area contributed by atoms with Crippen LogP contribution in [0, 0.1) is 0 Å². The molecule has 0 spiro atoms. The Morgan fingerprint density at radius 1 is 1.27 bits per heavy atom. The van der Waals surface area contributed by atoms with Gasteiger partial charge in [0, 0.05) is 0 Å². The number of hydrogen-bond donors (Lipinski definition) is 2. The summed E-state index contributed by atoms with van der Waals surface area (Å²) in [5, 5.41) is 8.55. The van der Waals surface area contributed by atoms with Crippen LogP contribution in [0.25, 0.3) is 0 Å². The third kappa shape index (κ3) is 1.97. The molecule has 0 bridgehead atoms. The first-order valence-corrected chi connectivity index (χ1v) is 3.92. The minimum Gasteiger partial charge on any atom is -0.477 e. The van der Waals surface area contributed by atoms with Crippen LogP contribution in [-0.2, 0) is 4.79 Å². The molecular formula is C8H13NO2. The van der Waals surface area contributed by atoms with Gasteiger partial charge < -0.3 is 10.8 Å². The molecule has 1 fully saturated rings. The molecule has 3 nitrogen and oxygen atoms in total. The van der Waals surface area contributed by atoms with Crippen molar-refractivity contribution in [1.82, 2.24) is 0 Å². The van der Waals surface area contributed by atoms with E-state index in [2.05, 4.69) is 0 Å². The monoisotopic (exact) mass is 155 g/mol. The molecule has 0 atom stereocenters. The number of carboxylic acid groups (broad SMARTS) is 1. The van der Waals surface area contributed by atoms with Gasteiger partial charge in [-0.2, -0.15) is 0 Å². The van der Waals surface area contributed by atoms with Crippen molar-refractivity contribution in [3.8, 4) is 0 Å². The Labute approximate surface area is 65.9 Å². The number of carbonyl (C=O) groups is 1. The highest BCUT2D eigenvalue weighted by Gasteiger charge is 2.12. The molecule has 62 valence electrons. The molecule has 1 aliphatic carbocycles. The predicted octanol–water partition coefficient (Wildman–Crippen LogP) is 1.25. The van der Waals surface area contributed by atoms with Gasteiger partial charge in [-0.3, -0.25) is 0 Å². The normalized spacial score (nSPS) is 18.0. The summed E-state index contributed by atoms with van der Waals surface area (Å²) in [6, 6.07) is 0. The summed E-state index contributed by atoms with van der Waals surface area (Å²) < 4.78 is 0. The maximum atomic E-state index is 10.4. The molecule has 0 aromatic heterocycles. The summed E-state index contributed by atoms with van der Waals surface area (Å²) in [5.41, 5.74) is 6.38. The van der Waals surface area contributed by atoms with Crippen molar-refractivity contribution in [2.45, 2.75) is 32.1 Å². The molecule has 1 saturated carbocycles. The van der Waals surface area contributed by atoms with Crippen molar-refractivity contribution in [3.63, 3.8) is 0 Å². The lowest BCUT2D eigenvalue weighted by Gasteiger charge is -2.14. The second-order valence-electron chi connectivity index (χ2n) is 2.88. The Balaban J connectivity index is 2.68. The molecule has 0 saturated heterocycles. The average molecular weight is 155 g/mol. The molecule has 0 unspecified atom stereocenters. The standard InChI is InChI=1S/C8H13NO2/c9-7(8(10)11)6-4-2-1-3-5-6/h1-5,9H2,(H,10,11). The summed E-state index contributed by atoms with van der Waals surface area (Å²) in [4.78, 5) is 10.4. The zero-order valence-electron chi connectivity index (χ0n) is 6.47. The van der Waals surface area contributed by atoms with Gasteiger partial charge >= 0.3 is 5.97 Å². The van der Waals surface area contributed by atoms with E-state index in [1.54, 1.807) is 0 Å². The fourth-order valence-corrected chi connectivity index (χ4v) is 1.40. The van der Waals surface area contributed by atoms with Gasteiger partial charge in [0.25, 0.3) is 0 Å². The van der Waals surface area contributed by atoms with Crippen molar-refractivity contribution in [3.05, 3.63) is 11.3 Å². The van der Waals surface area contributed by atoms with E-state index in [0.29, 0.717) is 0 Å². The SMILES string of the molecule is NC(C(=O)O)=C1CCCCC1. The summed E-state index contributed by atoms with van der Waals surface area (Å²) in [5.74, 6) is -0.970. The molecule has 0 aromatic carbocycles. The Kier molecular flexibility index (Phi) is 2.52. The van der Waals surface area contributed by atoms with Crippen molar-refractivity contribution >= 4 is 5.97 Å². The van der Waals surface area contributed by atoms with Crippen molar-refractivity contribution in [2.24, 2.45) is 5.73 Å². The maximum absolute atomic E-state index is 10.4. The lowest BCUT2D eigenvalue weighted by atomic mass is 9.93. The van der Waals surface area contributed by atoms with Gasteiger partial charge in [-0.15, -0.1) is 0 Å². The number of hydrogen-bond acceptors (Lipinski definition) is 2. The zero-order chi connectivity index (χ0) is 8.27. The highest BCUT2D eigenvalue weighted by Crippen LogP contribution is 2.23.